The molecule has 63 heavy (non-hydrogen) atoms. The Morgan fingerprint density at radius 3 is 1.65 bits per heavy atom. The highest BCUT2D eigenvalue weighted by Gasteiger charge is 2.30. The highest BCUT2D eigenvalue weighted by molar-refractivity contribution is 6.10. The van der Waals surface area contributed by atoms with Gasteiger partial charge in [-0.1, -0.05) is 146 Å². The van der Waals surface area contributed by atoms with Gasteiger partial charge in [0, 0.05) is 51.3 Å². The lowest BCUT2D eigenvalue weighted by molar-refractivity contribution is 0.483. The Bertz CT molecular complexity index is 3120. The molecule has 0 aliphatic carbocycles. The molecular weight excluding hydrogens is 769 g/mol. The van der Waals surface area contributed by atoms with Crippen molar-refractivity contribution in [1.29, 1.82) is 0 Å². The summed E-state index contributed by atoms with van der Waals surface area (Å²) in [5.41, 5.74) is 12.7. The predicted molar refractivity (Wildman–Crippen MR) is 263 cm³/mol. The number of hydrogen-bond acceptors (Lipinski definition) is 4. The molecule has 0 saturated heterocycles. The second kappa shape index (κ2) is 15.4. The lowest BCUT2D eigenvalue weighted by Crippen LogP contribution is -2.24. The van der Waals surface area contributed by atoms with Gasteiger partial charge in [0.1, 0.15) is 24.0 Å². The number of hydrogen-bond donors (Lipinski definition) is 0. The molecule has 0 spiro atoms. The second-order valence-corrected chi connectivity index (χ2v) is 19.0. The average molecular weight is 823 g/mol. The Morgan fingerprint density at radius 2 is 1.00 bits per heavy atom. The van der Waals surface area contributed by atoms with Crippen molar-refractivity contribution in [2.45, 2.75) is 64.7 Å². The van der Waals surface area contributed by atoms with E-state index in [1.54, 1.807) is 0 Å². The Hall–Kier alpha value is -7.11. The molecule has 0 amide bonds. The molecule has 0 unspecified atom stereocenters. The molecule has 7 aromatic carbocycles. The van der Waals surface area contributed by atoms with E-state index in [2.05, 4.69) is 239 Å². The monoisotopic (exact) mass is 822 g/mol. The van der Waals surface area contributed by atoms with E-state index in [1.807, 2.05) is 12.3 Å². The van der Waals surface area contributed by atoms with Gasteiger partial charge in [0.15, 0.2) is 0 Å². The molecule has 1 aliphatic rings. The van der Waals surface area contributed by atoms with E-state index in [4.69, 9.17) is 9.72 Å². The Labute approximate surface area is 371 Å². The van der Waals surface area contributed by atoms with Crippen molar-refractivity contribution >= 4 is 44.6 Å². The standard InChI is InChI=1S/C58H54N4O/c1-56(2,3)42-22-16-23-45(34-42)60-39-61(53-27-15-14-26-52(53)60)46-24-17-25-47(37-46)63-48-29-30-49-50-35-43(57(4,5)40-18-10-8-11-19-40)28-31-51(50)62(54(49)38-48)55-36-44(32-33-59-55)58(6,7)41-20-12-9-13-21-41/h8-38H,39H2,1-7H3. The van der Waals surface area contributed by atoms with Crippen molar-refractivity contribution in [2.24, 2.45) is 0 Å². The van der Waals surface area contributed by atoms with Crippen LogP contribution in [0.1, 0.15) is 76.3 Å². The number of para-hydroxylation sites is 2. The molecule has 0 radical (unpaired) electrons. The van der Waals surface area contributed by atoms with E-state index in [9.17, 15) is 0 Å². The van der Waals surface area contributed by atoms with Gasteiger partial charge in [-0.05, 0) is 106 Å². The highest BCUT2D eigenvalue weighted by Crippen LogP contribution is 2.46. The molecule has 5 heteroatoms. The van der Waals surface area contributed by atoms with Gasteiger partial charge in [-0.2, -0.15) is 0 Å². The zero-order valence-corrected chi connectivity index (χ0v) is 37.3. The summed E-state index contributed by atoms with van der Waals surface area (Å²) >= 11 is 0. The molecule has 10 rings (SSSR count). The molecule has 5 nitrogen and oxygen atoms in total. The average Bonchev–Trinajstić information content (AvgIpc) is 3.85. The van der Waals surface area contributed by atoms with E-state index in [0.29, 0.717) is 6.67 Å². The quantitative estimate of drug-likeness (QED) is 0.145. The van der Waals surface area contributed by atoms with Gasteiger partial charge in [-0.15, -0.1) is 0 Å². The van der Waals surface area contributed by atoms with E-state index < -0.39 is 0 Å². The number of anilines is 4. The molecule has 1 aliphatic heterocycles. The summed E-state index contributed by atoms with van der Waals surface area (Å²) in [5, 5.41) is 2.33. The molecule has 0 fully saturated rings. The van der Waals surface area contributed by atoms with Gasteiger partial charge in [-0.25, -0.2) is 4.98 Å². The minimum atomic E-state index is -0.229. The summed E-state index contributed by atoms with van der Waals surface area (Å²) in [5.74, 6) is 2.41. The van der Waals surface area contributed by atoms with Crippen LogP contribution < -0.4 is 14.5 Å². The molecule has 0 atom stereocenters. The lowest BCUT2D eigenvalue weighted by Gasteiger charge is -2.27. The summed E-state index contributed by atoms with van der Waals surface area (Å²) in [6.45, 7) is 16.7. The van der Waals surface area contributed by atoms with Gasteiger partial charge in [0.25, 0.3) is 0 Å². The third-order valence-electron chi connectivity index (χ3n) is 13.3. The molecule has 312 valence electrons. The van der Waals surface area contributed by atoms with Crippen molar-refractivity contribution < 1.29 is 4.74 Å². The number of fused-ring (bicyclic) bond motifs is 4. The van der Waals surface area contributed by atoms with Crippen LogP contribution in [0.2, 0.25) is 0 Å². The van der Waals surface area contributed by atoms with Crippen molar-refractivity contribution in [3.63, 3.8) is 0 Å². The van der Waals surface area contributed by atoms with Crippen molar-refractivity contribution in [2.75, 3.05) is 16.5 Å². The third kappa shape index (κ3) is 7.21. The molecule has 2 aromatic heterocycles. The maximum absolute atomic E-state index is 6.82. The number of aromatic nitrogens is 2. The van der Waals surface area contributed by atoms with Gasteiger partial charge in [-0.3, -0.25) is 4.57 Å². The minimum absolute atomic E-state index is 0.0556. The second-order valence-electron chi connectivity index (χ2n) is 19.0. The number of nitrogens with zero attached hydrogens (tertiary/aromatic N) is 4. The smallest absolute Gasteiger partial charge is 0.137 e. The Balaban J connectivity index is 1.05. The predicted octanol–water partition coefficient (Wildman–Crippen LogP) is 15.2. The molecule has 0 saturated carbocycles. The zero-order valence-electron chi connectivity index (χ0n) is 37.3. The van der Waals surface area contributed by atoms with Gasteiger partial charge < -0.3 is 14.5 Å². The summed E-state index contributed by atoms with van der Waals surface area (Å²) in [7, 11) is 0. The first-order valence-electron chi connectivity index (χ1n) is 22.1. The largest absolute Gasteiger partial charge is 0.457 e. The topological polar surface area (TPSA) is 33.5 Å². The van der Waals surface area contributed by atoms with Crippen molar-refractivity contribution in [3.8, 4) is 17.3 Å². The van der Waals surface area contributed by atoms with Crippen LogP contribution in [0.15, 0.2) is 188 Å². The van der Waals surface area contributed by atoms with Gasteiger partial charge in [0.2, 0.25) is 0 Å². The molecule has 0 N–H and O–H groups in total. The highest BCUT2D eigenvalue weighted by atomic mass is 16.5. The van der Waals surface area contributed by atoms with Crippen molar-refractivity contribution in [3.05, 3.63) is 216 Å². The fourth-order valence-electron chi connectivity index (χ4n) is 9.32. The number of pyridine rings is 1. The van der Waals surface area contributed by atoms with Crippen LogP contribution in [-0.2, 0) is 16.2 Å². The Morgan fingerprint density at radius 1 is 0.429 bits per heavy atom. The maximum atomic E-state index is 6.82. The number of benzene rings is 7. The first-order chi connectivity index (χ1) is 30.4. The van der Waals surface area contributed by atoms with E-state index in [-0.39, 0.29) is 16.2 Å². The van der Waals surface area contributed by atoms with E-state index in [1.165, 1.54) is 50.3 Å². The molecule has 9 aromatic rings. The number of ether oxygens (including phenoxy) is 1. The first kappa shape index (κ1) is 40.0. The fourth-order valence-corrected chi connectivity index (χ4v) is 9.32. The van der Waals surface area contributed by atoms with Crippen LogP contribution in [0.25, 0.3) is 27.6 Å². The lowest BCUT2D eigenvalue weighted by atomic mass is 9.78. The van der Waals surface area contributed by atoms with Crippen molar-refractivity contribution in [1.82, 2.24) is 9.55 Å². The molecular formula is C58H54N4O. The summed E-state index contributed by atoms with van der Waals surface area (Å²) in [6, 6.07) is 65.4. The van der Waals surface area contributed by atoms with Gasteiger partial charge in [0.05, 0.1) is 22.4 Å². The summed E-state index contributed by atoms with van der Waals surface area (Å²) in [6.07, 6.45) is 1.95. The first-order valence-corrected chi connectivity index (χ1v) is 22.1. The normalized spacial score (nSPS) is 13.2. The third-order valence-corrected chi connectivity index (χ3v) is 13.3. The van der Waals surface area contributed by atoms with Crippen LogP contribution in [0.3, 0.4) is 0 Å². The summed E-state index contributed by atoms with van der Waals surface area (Å²) in [4.78, 5) is 9.83. The summed E-state index contributed by atoms with van der Waals surface area (Å²) < 4.78 is 9.13. The Kier molecular flexibility index (Phi) is 9.75. The van der Waals surface area contributed by atoms with E-state index in [0.717, 1.165) is 39.4 Å². The van der Waals surface area contributed by atoms with Gasteiger partial charge >= 0.3 is 0 Å². The SMILES string of the molecule is CC(C)(C)c1cccc(N2CN(c3cccc(Oc4ccc5c6cc(C(C)(C)c7ccccc7)ccc6n(-c6cc(C(C)(C)c7ccccc7)ccn6)c5c4)c3)c3ccccc32)c1. The van der Waals surface area contributed by atoms with Crippen LogP contribution in [0.4, 0.5) is 22.7 Å². The number of rotatable bonds is 9. The van der Waals surface area contributed by atoms with Crippen LogP contribution in [0.5, 0.6) is 11.5 Å². The molecule has 0 bridgehead atoms. The zero-order chi connectivity index (χ0) is 43.5. The van der Waals surface area contributed by atoms with Crippen LogP contribution >= 0.6 is 0 Å². The van der Waals surface area contributed by atoms with E-state index >= 15 is 0 Å². The van der Waals surface area contributed by atoms with Crippen LogP contribution in [-0.4, -0.2) is 16.2 Å². The minimum Gasteiger partial charge on any atom is -0.457 e. The molecule has 3 heterocycles. The maximum Gasteiger partial charge on any atom is 0.137 e. The van der Waals surface area contributed by atoms with Crippen LogP contribution in [0, 0.1) is 0 Å². The fraction of sp³-hybridized carbons (Fsp3) is 0.190.